The van der Waals surface area contributed by atoms with Crippen LogP contribution in [0.25, 0.3) is 0 Å². The highest BCUT2D eigenvalue weighted by Gasteiger charge is 2.09. The summed E-state index contributed by atoms with van der Waals surface area (Å²) in [5.41, 5.74) is 0.813. The van der Waals surface area contributed by atoms with Gasteiger partial charge in [-0.15, -0.1) is 0 Å². The smallest absolute Gasteiger partial charge is 0.0803 e. The molecule has 0 radical (unpaired) electrons. The summed E-state index contributed by atoms with van der Waals surface area (Å²) in [7, 11) is 0. The summed E-state index contributed by atoms with van der Waals surface area (Å²) < 4.78 is 3.32. The van der Waals surface area contributed by atoms with Crippen molar-refractivity contribution in [3.05, 3.63) is 33.8 Å². The number of aliphatic hydroxyl groups is 1. The van der Waals surface area contributed by atoms with E-state index in [0.717, 1.165) is 12.1 Å². The Balaban J connectivity index is 2.52. The molecule has 2 N–H and O–H groups in total. The molecule has 1 rings (SSSR count). The maximum Gasteiger partial charge on any atom is 0.0803 e. The van der Waals surface area contributed by atoms with Crippen molar-refractivity contribution < 1.29 is 5.11 Å². The highest BCUT2D eigenvalue weighted by Crippen LogP contribution is 2.26. The zero-order valence-corrected chi connectivity index (χ0v) is 11.8. The Kier molecular flexibility index (Phi) is 5.94. The van der Waals surface area contributed by atoms with E-state index in [0.29, 0.717) is 16.5 Å². The fraction of sp³-hybridized carbons (Fsp3) is 0.455. The first kappa shape index (κ1) is 14.1. The van der Waals surface area contributed by atoms with Gasteiger partial charge in [0.1, 0.15) is 0 Å². The monoisotopic (exact) mass is 281 g/mol. The third kappa shape index (κ3) is 4.52. The van der Waals surface area contributed by atoms with Gasteiger partial charge in [-0.2, -0.15) is 0 Å². The van der Waals surface area contributed by atoms with Crippen molar-refractivity contribution in [2.45, 2.75) is 12.5 Å². The van der Waals surface area contributed by atoms with Crippen molar-refractivity contribution in [3.63, 3.8) is 0 Å². The normalized spacial score (nSPS) is 13.7. The number of rotatable bonds is 5. The zero-order chi connectivity index (χ0) is 12.1. The van der Waals surface area contributed by atoms with E-state index in [1.54, 1.807) is 18.2 Å². The average molecular weight is 282 g/mol. The molecule has 0 bridgehead atoms. The Morgan fingerprint density at radius 3 is 2.56 bits per heavy atom. The highest BCUT2D eigenvalue weighted by atomic mass is 35.5. The van der Waals surface area contributed by atoms with Crippen LogP contribution in [0, 0.1) is 0 Å². The third-order valence-corrected chi connectivity index (χ3v) is 3.77. The molecular formula is C11H17Cl2NOS. The van der Waals surface area contributed by atoms with Gasteiger partial charge in [0.2, 0.25) is 0 Å². The Bertz CT molecular complexity index is 347. The molecule has 0 fully saturated rings. The minimum Gasteiger partial charge on any atom is -0.388 e. The summed E-state index contributed by atoms with van der Waals surface area (Å²) in [6, 6.07) is 5.23. The maximum atomic E-state index is 9.91. The molecule has 5 heteroatoms. The van der Waals surface area contributed by atoms with Crippen LogP contribution in [0.5, 0.6) is 0 Å². The molecule has 92 valence electrons. The van der Waals surface area contributed by atoms with E-state index >= 15 is 0 Å². The Morgan fingerprint density at radius 1 is 1.31 bits per heavy atom. The number of benzene rings is 1. The Labute approximate surface area is 109 Å². The molecule has 1 unspecified atom stereocenters. The lowest BCUT2D eigenvalue weighted by atomic mass is 10.1. The first-order chi connectivity index (χ1) is 7.50. The van der Waals surface area contributed by atoms with Crippen molar-refractivity contribution in [3.8, 4) is 0 Å². The summed E-state index contributed by atoms with van der Waals surface area (Å²) in [6.07, 6.45) is 4.47. The number of halogens is 2. The summed E-state index contributed by atoms with van der Waals surface area (Å²) in [4.78, 5) is 0. The van der Waals surface area contributed by atoms with Crippen molar-refractivity contribution in [2.75, 3.05) is 19.1 Å². The lowest BCUT2D eigenvalue weighted by molar-refractivity contribution is 0.169. The predicted molar refractivity (Wildman–Crippen MR) is 74.9 cm³/mol. The van der Waals surface area contributed by atoms with Crippen molar-refractivity contribution in [2.24, 2.45) is 0 Å². The second-order valence-electron chi connectivity index (χ2n) is 3.78. The molecule has 1 aromatic rings. The molecule has 16 heavy (non-hydrogen) atoms. The SMILES string of the molecule is C[SH](C)NCCC(O)c1ccc(Cl)c(Cl)c1. The quantitative estimate of drug-likeness (QED) is 0.725. The van der Waals surface area contributed by atoms with E-state index in [1.165, 1.54) is 0 Å². The first-order valence-corrected chi connectivity index (χ1v) is 8.03. The van der Waals surface area contributed by atoms with Gasteiger partial charge < -0.3 is 5.11 Å². The molecular weight excluding hydrogens is 265 g/mol. The van der Waals surface area contributed by atoms with E-state index in [2.05, 4.69) is 17.2 Å². The van der Waals surface area contributed by atoms with Crippen LogP contribution in [-0.2, 0) is 0 Å². The second kappa shape index (κ2) is 6.72. The summed E-state index contributed by atoms with van der Waals surface area (Å²) >= 11 is 11.6. The lowest BCUT2D eigenvalue weighted by Gasteiger charge is -2.15. The third-order valence-electron chi connectivity index (χ3n) is 2.17. The first-order valence-electron chi connectivity index (χ1n) is 5.04. The number of thiol groups is 1. The van der Waals surface area contributed by atoms with Crippen LogP contribution < -0.4 is 4.72 Å². The minimum absolute atomic E-state index is 0.120. The van der Waals surface area contributed by atoms with Gasteiger partial charge in [-0.05, 0) is 36.6 Å². The fourth-order valence-corrected chi connectivity index (χ4v) is 2.19. The van der Waals surface area contributed by atoms with Crippen molar-refractivity contribution >= 4 is 34.3 Å². The second-order valence-corrected chi connectivity index (χ2v) is 6.70. The minimum atomic E-state index is -0.489. The number of hydrogen-bond donors (Lipinski definition) is 3. The molecule has 1 aromatic carbocycles. The van der Waals surface area contributed by atoms with Gasteiger partial charge >= 0.3 is 0 Å². The number of hydrogen-bond acceptors (Lipinski definition) is 2. The zero-order valence-electron chi connectivity index (χ0n) is 9.37. The molecule has 0 aliphatic rings. The van der Waals surface area contributed by atoms with Crippen LogP contribution in [0.2, 0.25) is 10.0 Å². The largest absolute Gasteiger partial charge is 0.388 e. The lowest BCUT2D eigenvalue weighted by Crippen LogP contribution is -2.13. The molecule has 0 heterocycles. The fourth-order valence-electron chi connectivity index (χ4n) is 1.31. The van der Waals surface area contributed by atoms with Gasteiger partial charge in [-0.1, -0.05) is 29.3 Å². The Hall–Kier alpha value is 0.0700. The van der Waals surface area contributed by atoms with Gasteiger partial charge in [0, 0.05) is 6.54 Å². The molecule has 0 aliphatic carbocycles. The van der Waals surface area contributed by atoms with Crippen LogP contribution in [0.4, 0.5) is 0 Å². The topological polar surface area (TPSA) is 32.3 Å². The van der Waals surface area contributed by atoms with E-state index in [4.69, 9.17) is 23.2 Å². The summed E-state index contributed by atoms with van der Waals surface area (Å²) in [5, 5.41) is 10.9. The van der Waals surface area contributed by atoms with E-state index < -0.39 is 6.10 Å². The van der Waals surface area contributed by atoms with Gasteiger partial charge in [-0.3, -0.25) is 4.72 Å². The average Bonchev–Trinajstić information content (AvgIpc) is 2.21. The van der Waals surface area contributed by atoms with Gasteiger partial charge in [0.25, 0.3) is 0 Å². The summed E-state index contributed by atoms with van der Waals surface area (Å²) in [6.45, 7) is 0.806. The molecule has 0 spiro atoms. The van der Waals surface area contributed by atoms with Crippen molar-refractivity contribution in [1.82, 2.24) is 4.72 Å². The number of aliphatic hydroxyl groups excluding tert-OH is 1. The van der Waals surface area contributed by atoms with Crippen molar-refractivity contribution in [1.29, 1.82) is 0 Å². The van der Waals surface area contributed by atoms with E-state index in [-0.39, 0.29) is 11.1 Å². The van der Waals surface area contributed by atoms with Gasteiger partial charge in [-0.25, -0.2) is 11.1 Å². The van der Waals surface area contributed by atoms with Crippen LogP contribution in [0.1, 0.15) is 18.1 Å². The van der Waals surface area contributed by atoms with Crippen LogP contribution in [-0.4, -0.2) is 24.2 Å². The van der Waals surface area contributed by atoms with Crippen LogP contribution >= 0.6 is 34.3 Å². The molecule has 1 atom stereocenters. The molecule has 0 saturated heterocycles. The number of nitrogens with one attached hydrogen (secondary N) is 1. The maximum absolute atomic E-state index is 9.91. The predicted octanol–water partition coefficient (Wildman–Crippen LogP) is 3.18. The summed E-state index contributed by atoms with van der Waals surface area (Å²) in [5.74, 6) is 0. The Morgan fingerprint density at radius 2 is 2.00 bits per heavy atom. The van der Waals surface area contributed by atoms with E-state index in [1.807, 2.05) is 0 Å². The van der Waals surface area contributed by atoms with Crippen LogP contribution in [0.15, 0.2) is 18.2 Å². The van der Waals surface area contributed by atoms with Gasteiger partial charge in [0.05, 0.1) is 16.1 Å². The molecule has 0 aromatic heterocycles. The van der Waals surface area contributed by atoms with Gasteiger partial charge in [0.15, 0.2) is 0 Å². The molecule has 0 saturated carbocycles. The van der Waals surface area contributed by atoms with E-state index in [9.17, 15) is 5.11 Å². The molecule has 0 amide bonds. The molecule has 2 nitrogen and oxygen atoms in total. The standard InChI is InChI=1S/C11H17Cl2NOS/c1-16(2)14-6-5-11(15)8-3-4-9(12)10(13)7-8/h3-4,7,11,14-16H,5-6H2,1-2H3. The van der Waals surface area contributed by atoms with Crippen LogP contribution in [0.3, 0.4) is 0 Å². The molecule has 0 aliphatic heterocycles. The highest BCUT2D eigenvalue weighted by molar-refractivity contribution is 8.14.